The number of hydrogen-bond donors (Lipinski definition) is 0. The lowest BCUT2D eigenvalue weighted by Crippen LogP contribution is -2.33. The van der Waals surface area contributed by atoms with Gasteiger partial charge in [0, 0.05) is 28.6 Å². The van der Waals surface area contributed by atoms with E-state index in [0.717, 1.165) is 0 Å². The molecule has 7 nitrogen and oxygen atoms in total. The molecule has 0 spiro atoms. The molecule has 3 aromatic rings. The summed E-state index contributed by atoms with van der Waals surface area (Å²) in [5.41, 5.74) is 1.32. The molecule has 198 valence electrons. The van der Waals surface area contributed by atoms with Crippen LogP contribution in [0.3, 0.4) is 0 Å². The normalized spacial score (nSPS) is 12.1. The van der Waals surface area contributed by atoms with E-state index in [2.05, 4.69) is 6.07 Å². The number of aromatic nitrogens is 1. The number of ketones is 1. The Balaban J connectivity index is 1.94. The highest BCUT2D eigenvalue weighted by Crippen LogP contribution is 2.34. The number of pyridine rings is 1. The zero-order valence-electron chi connectivity index (χ0n) is 22.4. The molecule has 0 aliphatic heterocycles. The summed E-state index contributed by atoms with van der Waals surface area (Å²) in [5, 5.41) is 9.96. The summed E-state index contributed by atoms with van der Waals surface area (Å²) in [6.45, 7) is 9.12. The fourth-order valence-electron chi connectivity index (χ4n) is 4.21. The highest BCUT2D eigenvalue weighted by Gasteiger charge is 2.27. The number of benzene rings is 2. The van der Waals surface area contributed by atoms with E-state index in [1.807, 2.05) is 13.8 Å². The summed E-state index contributed by atoms with van der Waals surface area (Å²) in [7, 11) is 1.46. The third-order valence-corrected chi connectivity index (χ3v) is 6.12. The first-order valence-corrected chi connectivity index (χ1v) is 12.6. The summed E-state index contributed by atoms with van der Waals surface area (Å²) in [4.78, 5) is 39.0. The second kappa shape index (κ2) is 11.7. The van der Waals surface area contributed by atoms with Crippen LogP contribution >= 0.6 is 11.6 Å². The van der Waals surface area contributed by atoms with Crippen LogP contribution in [0.5, 0.6) is 5.75 Å². The third kappa shape index (κ3) is 6.70. The van der Waals surface area contributed by atoms with Gasteiger partial charge in [0.25, 0.3) is 5.56 Å². The lowest BCUT2D eigenvalue weighted by molar-refractivity contribution is -0.122. The summed E-state index contributed by atoms with van der Waals surface area (Å²) in [5.74, 6) is -0.461. The Labute approximate surface area is 227 Å². The molecule has 0 saturated heterocycles. The van der Waals surface area contributed by atoms with Gasteiger partial charge in [-0.1, -0.05) is 37.6 Å². The monoisotopic (exact) mass is 534 g/mol. The number of nitrogens with zero attached hydrogens (tertiary/aromatic N) is 2. The SMILES string of the molecule is COc1cn(C(C(=O)Cc2ccc(C(=O)OC(C)(C)C)cc2)C(C)C)c(=O)cc1-c1cc(Cl)ccc1C#N. The average Bonchev–Trinajstić information content (AvgIpc) is 2.84. The van der Waals surface area contributed by atoms with Crippen LogP contribution < -0.4 is 10.3 Å². The van der Waals surface area contributed by atoms with E-state index in [0.29, 0.717) is 38.6 Å². The molecule has 1 heterocycles. The standard InChI is InChI=1S/C30H31ClN2O5/c1-18(2)28(25(34)13-19-7-9-20(10-8-19)29(36)38-30(3,4)5)33-17-26(37-6)24(15-27(33)35)23-14-22(31)12-11-21(23)16-32/h7-12,14-15,17-18,28H,13H2,1-6H3. The maximum Gasteiger partial charge on any atom is 0.338 e. The van der Waals surface area contributed by atoms with Crippen LogP contribution in [0.25, 0.3) is 11.1 Å². The molecule has 0 amide bonds. The predicted molar refractivity (Wildman–Crippen MR) is 147 cm³/mol. The van der Waals surface area contributed by atoms with Crippen molar-refractivity contribution in [2.45, 2.75) is 52.7 Å². The van der Waals surface area contributed by atoms with Gasteiger partial charge in [0.1, 0.15) is 11.4 Å². The van der Waals surface area contributed by atoms with Crippen molar-refractivity contribution >= 4 is 23.4 Å². The molecule has 0 N–H and O–H groups in total. The van der Waals surface area contributed by atoms with Crippen molar-refractivity contribution in [2.24, 2.45) is 5.92 Å². The van der Waals surface area contributed by atoms with Gasteiger partial charge in [-0.15, -0.1) is 0 Å². The molecule has 2 aromatic carbocycles. The molecule has 8 heteroatoms. The Hall–Kier alpha value is -3.89. The van der Waals surface area contributed by atoms with Crippen molar-refractivity contribution in [1.29, 1.82) is 5.26 Å². The largest absolute Gasteiger partial charge is 0.495 e. The molecule has 38 heavy (non-hydrogen) atoms. The van der Waals surface area contributed by atoms with Crippen molar-refractivity contribution in [3.63, 3.8) is 0 Å². The molecule has 0 saturated carbocycles. The van der Waals surface area contributed by atoms with E-state index in [1.165, 1.54) is 23.9 Å². The number of hydrogen-bond acceptors (Lipinski definition) is 6. The summed E-state index contributed by atoms with van der Waals surface area (Å²) in [6.07, 6.45) is 1.58. The van der Waals surface area contributed by atoms with Gasteiger partial charge in [-0.2, -0.15) is 5.26 Å². The quantitative estimate of drug-likeness (QED) is 0.328. The van der Waals surface area contributed by atoms with E-state index < -0.39 is 23.2 Å². The molecule has 0 aliphatic carbocycles. The Morgan fingerprint density at radius 1 is 1.05 bits per heavy atom. The minimum atomic E-state index is -0.759. The Kier molecular flexibility index (Phi) is 8.80. The van der Waals surface area contributed by atoms with E-state index in [-0.39, 0.29) is 18.1 Å². The van der Waals surface area contributed by atoms with E-state index in [4.69, 9.17) is 21.1 Å². The van der Waals surface area contributed by atoms with Gasteiger partial charge >= 0.3 is 5.97 Å². The van der Waals surface area contributed by atoms with Crippen LogP contribution in [0, 0.1) is 17.2 Å². The number of carbonyl (C=O) groups excluding carboxylic acids is 2. The van der Waals surface area contributed by atoms with Gasteiger partial charge in [0.2, 0.25) is 0 Å². The van der Waals surface area contributed by atoms with E-state index in [1.54, 1.807) is 63.2 Å². The fourth-order valence-corrected chi connectivity index (χ4v) is 4.38. The zero-order chi connectivity index (χ0) is 28.2. The Morgan fingerprint density at radius 3 is 2.26 bits per heavy atom. The van der Waals surface area contributed by atoms with Gasteiger partial charge in [0.05, 0.1) is 36.5 Å². The molecule has 0 fully saturated rings. The van der Waals surface area contributed by atoms with Crippen molar-refractivity contribution in [3.8, 4) is 22.9 Å². The number of halogens is 1. The lowest BCUT2D eigenvalue weighted by atomic mass is 9.94. The lowest BCUT2D eigenvalue weighted by Gasteiger charge is -2.24. The summed E-state index contributed by atoms with van der Waals surface area (Å²) < 4.78 is 12.3. The van der Waals surface area contributed by atoms with Crippen LogP contribution in [-0.2, 0) is 16.0 Å². The molecule has 0 bridgehead atoms. The highest BCUT2D eigenvalue weighted by molar-refractivity contribution is 6.31. The third-order valence-electron chi connectivity index (χ3n) is 5.88. The topological polar surface area (TPSA) is 98.4 Å². The van der Waals surface area contributed by atoms with Gasteiger partial charge in [-0.25, -0.2) is 4.79 Å². The van der Waals surface area contributed by atoms with Crippen LogP contribution in [-0.4, -0.2) is 29.0 Å². The van der Waals surface area contributed by atoms with Crippen molar-refractivity contribution in [2.75, 3.05) is 7.11 Å². The minimum absolute atomic E-state index is 0.0703. The Bertz CT molecular complexity index is 1440. The minimum Gasteiger partial charge on any atom is -0.495 e. The summed E-state index contributed by atoms with van der Waals surface area (Å²) >= 11 is 6.15. The summed E-state index contributed by atoms with van der Waals surface area (Å²) in [6, 6.07) is 14.2. The van der Waals surface area contributed by atoms with E-state index in [9.17, 15) is 19.6 Å². The number of rotatable bonds is 8. The van der Waals surface area contributed by atoms with Gasteiger partial charge in [-0.3, -0.25) is 9.59 Å². The number of Topliss-reactive ketones (excluding diaryl/α,β-unsaturated/α-hetero) is 1. The van der Waals surface area contributed by atoms with Gasteiger partial charge < -0.3 is 14.0 Å². The molecule has 0 radical (unpaired) electrons. The average molecular weight is 535 g/mol. The molecule has 1 unspecified atom stereocenters. The second-order valence-electron chi connectivity index (χ2n) is 10.3. The second-order valence-corrected chi connectivity index (χ2v) is 10.8. The number of nitriles is 1. The molecule has 3 rings (SSSR count). The first-order chi connectivity index (χ1) is 17.8. The number of esters is 1. The van der Waals surface area contributed by atoms with Crippen molar-refractivity contribution in [3.05, 3.63) is 86.8 Å². The fraction of sp³-hybridized carbons (Fsp3) is 0.333. The molecular weight excluding hydrogens is 504 g/mol. The van der Waals surface area contributed by atoms with Crippen LogP contribution in [0.15, 0.2) is 59.5 Å². The first-order valence-electron chi connectivity index (χ1n) is 12.2. The molecule has 1 atom stereocenters. The number of methoxy groups -OCH3 is 1. The smallest absolute Gasteiger partial charge is 0.338 e. The number of ether oxygens (including phenoxy) is 2. The molecule has 1 aromatic heterocycles. The van der Waals surface area contributed by atoms with Gasteiger partial charge in [0.15, 0.2) is 5.78 Å². The maximum atomic E-state index is 13.5. The predicted octanol–water partition coefficient (Wildman–Crippen LogP) is 6.01. The van der Waals surface area contributed by atoms with Crippen LogP contribution in [0.1, 0.15) is 62.1 Å². The first kappa shape index (κ1) is 28.7. The maximum absolute atomic E-state index is 13.5. The van der Waals surface area contributed by atoms with Gasteiger partial charge in [-0.05, 0) is 62.6 Å². The van der Waals surface area contributed by atoms with Crippen LogP contribution in [0.2, 0.25) is 5.02 Å². The Morgan fingerprint density at radius 2 is 1.71 bits per heavy atom. The van der Waals surface area contributed by atoms with E-state index >= 15 is 0 Å². The molecular formula is C30H31ClN2O5. The van der Waals surface area contributed by atoms with Crippen molar-refractivity contribution < 1.29 is 19.1 Å². The van der Waals surface area contributed by atoms with Crippen LogP contribution in [0.4, 0.5) is 0 Å². The highest BCUT2D eigenvalue weighted by atomic mass is 35.5. The van der Waals surface area contributed by atoms with Crippen molar-refractivity contribution in [1.82, 2.24) is 4.57 Å². The molecule has 0 aliphatic rings. The zero-order valence-corrected chi connectivity index (χ0v) is 23.1. The number of carbonyl (C=O) groups is 2.